The highest BCUT2D eigenvalue weighted by Crippen LogP contribution is 2.32. The average molecular weight is 503 g/mol. The quantitative estimate of drug-likeness (QED) is 0.506. The minimum atomic E-state index is -4.05. The van der Waals surface area contributed by atoms with Crippen molar-refractivity contribution >= 4 is 33.2 Å². The average Bonchev–Trinajstić information content (AvgIpc) is 2.86. The van der Waals surface area contributed by atoms with E-state index in [0.717, 1.165) is 4.31 Å². The number of para-hydroxylation sites is 2. The van der Waals surface area contributed by atoms with Crippen LogP contribution < -0.4 is 23.8 Å². The molecular formula is C24H23ClN2O6S. The normalized spacial score (nSPS) is 14.8. The zero-order valence-electron chi connectivity index (χ0n) is 18.3. The summed E-state index contributed by atoms with van der Waals surface area (Å²) in [5.74, 6) is 1.12. The Morgan fingerprint density at radius 2 is 1.79 bits per heavy atom. The van der Waals surface area contributed by atoms with Crippen LogP contribution in [0.1, 0.15) is 0 Å². The van der Waals surface area contributed by atoms with Gasteiger partial charge in [-0.2, -0.15) is 0 Å². The Labute approximate surface area is 203 Å². The first-order valence-electron chi connectivity index (χ1n) is 10.4. The van der Waals surface area contributed by atoms with Crippen LogP contribution in [0.5, 0.6) is 17.2 Å². The maximum atomic E-state index is 13.4. The van der Waals surface area contributed by atoms with E-state index in [1.165, 1.54) is 31.4 Å². The summed E-state index contributed by atoms with van der Waals surface area (Å²) in [7, 11) is -2.59. The van der Waals surface area contributed by atoms with E-state index in [2.05, 4.69) is 5.32 Å². The fraction of sp³-hybridized carbons (Fsp3) is 0.208. The van der Waals surface area contributed by atoms with E-state index < -0.39 is 28.6 Å². The molecule has 4 rings (SSSR count). The second-order valence-electron chi connectivity index (χ2n) is 7.45. The van der Waals surface area contributed by atoms with E-state index in [0.29, 0.717) is 17.2 Å². The highest BCUT2D eigenvalue weighted by atomic mass is 35.5. The van der Waals surface area contributed by atoms with E-state index in [9.17, 15) is 13.2 Å². The summed E-state index contributed by atoms with van der Waals surface area (Å²) in [5, 5.41) is 2.96. The molecule has 0 fully saturated rings. The van der Waals surface area contributed by atoms with Gasteiger partial charge in [0.1, 0.15) is 25.0 Å². The van der Waals surface area contributed by atoms with Gasteiger partial charge >= 0.3 is 0 Å². The number of carbonyl (C=O) groups excluding carboxylic acids is 1. The van der Waals surface area contributed by atoms with Crippen molar-refractivity contribution in [1.82, 2.24) is 5.32 Å². The summed E-state index contributed by atoms with van der Waals surface area (Å²) in [6.45, 7) is -0.0444. The Balaban J connectivity index is 1.51. The van der Waals surface area contributed by atoms with E-state index in [4.69, 9.17) is 25.8 Å². The van der Waals surface area contributed by atoms with Crippen LogP contribution in [0.4, 0.5) is 5.69 Å². The molecular weight excluding hydrogens is 480 g/mol. The van der Waals surface area contributed by atoms with Crippen LogP contribution in [0.15, 0.2) is 77.7 Å². The molecule has 1 aliphatic heterocycles. The molecule has 1 atom stereocenters. The molecule has 178 valence electrons. The first kappa shape index (κ1) is 23.7. The van der Waals surface area contributed by atoms with Gasteiger partial charge in [0.25, 0.3) is 10.0 Å². The van der Waals surface area contributed by atoms with E-state index >= 15 is 0 Å². The van der Waals surface area contributed by atoms with Gasteiger partial charge in [-0.15, -0.1) is 0 Å². The molecule has 10 heteroatoms. The summed E-state index contributed by atoms with van der Waals surface area (Å²) < 4.78 is 44.5. The lowest BCUT2D eigenvalue weighted by molar-refractivity contribution is -0.120. The molecule has 1 heterocycles. The highest BCUT2D eigenvalue weighted by molar-refractivity contribution is 7.92. The van der Waals surface area contributed by atoms with Crippen molar-refractivity contribution in [2.45, 2.75) is 11.0 Å². The lowest BCUT2D eigenvalue weighted by atomic mass is 10.2. The summed E-state index contributed by atoms with van der Waals surface area (Å²) in [6.07, 6.45) is -0.409. The predicted molar refractivity (Wildman–Crippen MR) is 128 cm³/mol. The molecule has 0 unspecified atom stereocenters. The zero-order valence-corrected chi connectivity index (χ0v) is 19.9. The number of anilines is 1. The second kappa shape index (κ2) is 10.2. The van der Waals surface area contributed by atoms with Gasteiger partial charge < -0.3 is 19.5 Å². The van der Waals surface area contributed by atoms with E-state index in [-0.39, 0.29) is 28.8 Å². The van der Waals surface area contributed by atoms with Crippen LogP contribution in [0.2, 0.25) is 5.02 Å². The van der Waals surface area contributed by atoms with Gasteiger partial charge in [-0.1, -0.05) is 41.9 Å². The number of benzene rings is 3. The van der Waals surface area contributed by atoms with Crippen molar-refractivity contribution < 1.29 is 27.4 Å². The SMILES string of the molecule is COc1ccc(N(CC(=O)NC[C@H]2COc3ccccc3O2)S(=O)(=O)c2ccccc2)cc1Cl. The van der Waals surface area contributed by atoms with Gasteiger partial charge in [-0.05, 0) is 42.5 Å². The molecule has 0 spiro atoms. The van der Waals surface area contributed by atoms with Gasteiger partial charge in [-0.25, -0.2) is 8.42 Å². The van der Waals surface area contributed by atoms with Crippen molar-refractivity contribution in [3.8, 4) is 17.2 Å². The minimum Gasteiger partial charge on any atom is -0.495 e. The molecule has 0 aliphatic carbocycles. The highest BCUT2D eigenvalue weighted by Gasteiger charge is 2.28. The Hall–Kier alpha value is -3.43. The third kappa shape index (κ3) is 5.21. The molecule has 34 heavy (non-hydrogen) atoms. The fourth-order valence-corrected chi connectivity index (χ4v) is 5.11. The van der Waals surface area contributed by atoms with Crippen molar-refractivity contribution in [2.75, 3.05) is 31.1 Å². The molecule has 0 saturated heterocycles. The van der Waals surface area contributed by atoms with Gasteiger partial charge in [0, 0.05) is 0 Å². The van der Waals surface area contributed by atoms with E-state index in [1.54, 1.807) is 36.4 Å². The zero-order chi connectivity index (χ0) is 24.1. The summed E-state index contributed by atoms with van der Waals surface area (Å²) in [5.41, 5.74) is 0.232. The van der Waals surface area contributed by atoms with Crippen LogP contribution in [0.25, 0.3) is 0 Å². The standard InChI is InChI=1S/C24H23ClN2O6S/c1-31-21-12-11-17(13-20(21)25)27(34(29,30)19-7-3-2-4-8-19)15-24(28)26-14-18-16-32-22-9-5-6-10-23(22)33-18/h2-13,18H,14-16H2,1H3,(H,26,28)/t18-/m0/s1. The number of sulfonamides is 1. The number of fused-ring (bicyclic) bond motifs is 1. The first-order chi connectivity index (χ1) is 16.4. The molecule has 8 nitrogen and oxygen atoms in total. The number of hydrogen-bond acceptors (Lipinski definition) is 6. The molecule has 1 aliphatic rings. The van der Waals surface area contributed by atoms with Crippen molar-refractivity contribution in [1.29, 1.82) is 0 Å². The first-order valence-corrected chi connectivity index (χ1v) is 12.3. The Morgan fingerprint density at radius 1 is 1.09 bits per heavy atom. The lowest BCUT2D eigenvalue weighted by Gasteiger charge is -2.27. The van der Waals surface area contributed by atoms with Gasteiger partial charge in [0.05, 0.1) is 29.3 Å². The predicted octanol–water partition coefficient (Wildman–Crippen LogP) is 3.50. The van der Waals surface area contributed by atoms with Crippen LogP contribution >= 0.6 is 11.6 Å². The second-order valence-corrected chi connectivity index (χ2v) is 9.71. The smallest absolute Gasteiger partial charge is 0.264 e. The number of amides is 1. The van der Waals surface area contributed by atoms with Gasteiger partial charge in [-0.3, -0.25) is 9.10 Å². The maximum absolute atomic E-state index is 13.4. The number of carbonyl (C=O) groups is 1. The molecule has 1 N–H and O–H groups in total. The molecule has 1 amide bonds. The van der Waals surface area contributed by atoms with Gasteiger partial charge in [0.2, 0.25) is 5.91 Å². The number of nitrogens with one attached hydrogen (secondary N) is 1. The third-order valence-corrected chi connectivity index (χ3v) is 7.22. The van der Waals surface area contributed by atoms with Crippen molar-refractivity contribution in [3.05, 3.63) is 77.8 Å². The summed E-state index contributed by atoms with van der Waals surface area (Å²) in [6, 6.07) is 19.7. The number of methoxy groups -OCH3 is 1. The molecule has 0 aromatic heterocycles. The summed E-state index contributed by atoms with van der Waals surface area (Å²) in [4.78, 5) is 12.9. The maximum Gasteiger partial charge on any atom is 0.264 e. The topological polar surface area (TPSA) is 94.2 Å². The fourth-order valence-electron chi connectivity index (χ4n) is 3.42. The Bertz CT molecular complexity index is 1270. The molecule has 3 aromatic rings. The minimum absolute atomic E-state index is 0.0513. The Kier molecular flexibility index (Phi) is 7.14. The van der Waals surface area contributed by atoms with Crippen LogP contribution in [-0.2, 0) is 14.8 Å². The van der Waals surface area contributed by atoms with E-state index in [1.807, 2.05) is 12.1 Å². The molecule has 0 radical (unpaired) electrons. The van der Waals surface area contributed by atoms with Crippen LogP contribution in [0.3, 0.4) is 0 Å². The Morgan fingerprint density at radius 3 is 2.50 bits per heavy atom. The summed E-state index contributed by atoms with van der Waals surface area (Å²) >= 11 is 6.23. The number of halogens is 1. The number of ether oxygens (including phenoxy) is 3. The molecule has 3 aromatic carbocycles. The van der Waals surface area contributed by atoms with Crippen molar-refractivity contribution in [2.24, 2.45) is 0 Å². The number of rotatable bonds is 8. The van der Waals surface area contributed by atoms with Gasteiger partial charge in [0.15, 0.2) is 11.5 Å². The largest absolute Gasteiger partial charge is 0.495 e. The van der Waals surface area contributed by atoms with Crippen LogP contribution in [-0.4, -0.2) is 47.2 Å². The van der Waals surface area contributed by atoms with Crippen molar-refractivity contribution in [3.63, 3.8) is 0 Å². The number of hydrogen-bond donors (Lipinski definition) is 1. The molecule has 0 bridgehead atoms. The third-order valence-electron chi connectivity index (χ3n) is 5.14. The van der Waals surface area contributed by atoms with Crippen LogP contribution in [0, 0.1) is 0 Å². The monoisotopic (exact) mass is 502 g/mol. The molecule has 0 saturated carbocycles. The number of nitrogens with zero attached hydrogens (tertiary/aromatic N) is 1. The lowest BCUT2D eigenvalue weighted by Crippen LogP contribution is -2.45.